The van der Waals surface area contributed by atoms with E-state index in [1.807, 2.05) is 30.3 Å². The average Bonchev–Trinajstić information content (AvgIpc) is 3.29. The lowest BCUT2D eigenvalue weighted by atomic mass is 9.98. The number of likely N-dealkylation sites (tertiary alicyclic amines) is 1. The molecule has 1 aliphatic heterocycles. The van der Waals surface area contributed by atoms with Crippen molar-refractivity contribution in [1.82, 2.24) is 4.90 Å². The van der Waals surface area contributed by atoms with Gasteiger partial charge in [-0.15, -0.1) is 0 Å². The number of carbonyl (C=O) groups is 1. The van der Waals surface area contributed by atoms with Crippen molar-refractivity contribution in [2.75, 3.05) is 13.1 Å². The maximum Gasteiger partial charge on any atom is 0.192 e. The minimum absolute atomic E-state index is 0.0588. The van der Waals surface area contributed by atoms with Crippen LogP contribution in [0.3, 0.4) is 0 Å². The molecule has 0 spiro atoms. The predicted octanol–water partition coefficient (Wildman–Crippen LogP) is 5.40. The van der Waals surface area contributed by atoms with Crippen LogP contribution in [-0.2, 0) is 0 Å². The van der Waals surface area contributed by atoms with E-state index in [0.717, 1.165) is 30.3 Å². The molecular formula is C27H25NO3. The van der Waals surface area contributed by atoms with E-state index < -0.39 is 0 Å². The van der Waals surface area contributed by atoms with Crippen LogP contribution in [0.2, 0.25) is 0 Å². The Balaban J connectivity index is 1.32. The van der Waals surface area contributed by atoms with Gasteiger partial charge in [0.2, 0.25) is 0 Å². The number of hydrogen-bond donors (Lipinski definition) is 0. The zero-order valence-corrected chi connectivity index (χ0v) is 17.6. The van der Waals surface area contributed by atoms with Gasteiger partial charge in [-0.05, 0) is 60.3 Å². The van der Waals surface area contributed by atoms with Crippen LogP contribution in [0, 0.1) is 0 Å². The molecule has 1 aliphatic rings. The van der Waals surface area contributed by atoms with Crippen molar-refractivity contribution >= 4 is 27.5 Å². The number of Topliss-reactive ketones (excluding diaryl/α,β-unsaturated/α-hetero) is 1. The molecule has 0 radical (unpaired) electrons. The van der Waals surface area contributed by atoms with Gasteiger partial charge >= 0.3 is 0 Å². The fraction of sp³-hybridized carbons (Fsp3) is 0.259. The van der Waals surface area contributed by atoms with Crippen molar-refractivity contribution in [3.63, 3.8) is 0 Å². The summed E-state index contributed by atoms with van der Waals surface area (Å²) in [5, 5.41) is 2.40. The van der Waals surface area contributed by atoms with Gasteiger partial charge in [-0.25, -0.2) is 0 Å². The average molecular weight is 412 g/mol. The quantitative estimate of drug-likeness (QED) is 0.326. The molecule has 5 rings (SSSR count). The Morgan fingerprint density at radius 2 is 1.90 bits per heavy atom. The zero-order chi connectivity index (χ0) is 21.4. The molecule has 4 heteroatoms. The largest absolute Gasteiger partial charge is 0.464 e. The first-order valence-corrected chi connectivity index (χ1v) is 10.9. The molecule has 0 saturated carbocycles. The molecule has 4 nitrogen and oxygen atoms in total. The first kappa shape index (κ1) is 19.7. The molecule has 0 aliphatic carbocycles. The normalized spacial score (nSPS) is 17.9. The summed E-state index contributed by atoms with van der Waals surface area (Å²) in [6.45, 7) is 4.17. The third-order valence-electron chi connectivity index (χ3n) is 6.54. The monoisotopic (exact) mass is 411 g/mol. The van der Waals surface area contributed by atoms with Crippen LogP contribution in [-0.4, -0.2) is 29.8 Å². The highest BCUT2D eigenvalue weighted by molar-refractivity contribution is 6.02. The number of rotatable bonds is 5. The Labute approximate surface area is 181 Å². The molecule has 0 N–H and O–H groups in total. The molecule has 0 bridgehead atoms. The van der Waals surface area contributed by atoms with Gasteiger partial charge in [-0.2, -0.15) is 0 Å². The lowest BCUT2D eigenvalue weighted by Gasteiger charge is -2.24. The maximum atomic E-state index is 13.0. The Morgan fingerprint density at radius 3 is 2.74 bits per heavy atom. The summed E-state index contributed by atoms with van der Waals surface area (Å²) in [5.74, 6) is 0.689. The smallest absolute Gasteiger partial charge is 0.192 e. The zero-order valence-electron chi connectivity index (χ0n) is 17.6. The molecule has 2 unspecified atom stereocenters. The van der Waals surface area contributed by atoms with Crippen LogP contribution in [0.25, 0.3) is 21.7 Å². The lowest BCUT2D eigenvalue weighted by Crippen LogP contribution is -2.32. The fourth-order valence-corrected chi connectivity index (χ4v) is 4.70. The molecule has 2 heterocycles. The highest BCUT2D eigenvalue weighted by atomic mass is 16.3. The van der Waals surface area contributed by atoms with Gasteiger partial charge in [0, 0.05) is 30.6 Å². The van der Waals surface area contributed by atoms with E-state index in [4.69, 9.17) is 4.42 Å². The molecule has 0 amide bonds. The number of ketones is 1. The van der Waals surface area contributed by atoms with Crippen molar-refractivity contribution in [3.8, 4) is 0 Å². The topological polar surface area (TPSA) is 50.5 Å². The molecule has 1 fully saturated rings. The second-order valence-corrected chi connectivity index (χ2v) is 8.56. The van der Waals surface area contributed by atoms with Crippen molar-refractivity contribution in [3.05, 3.63) is 94.3 Å². The number of fused-ring (bicyclic) bond motifs is 2. The van der Waals surface area contributed by atoms with Crippen LogP contribution in [0.15, 0.2) is 82.2 Å². The highest BCUT2D eigenvalue weighted by Gasteiger charge is 2.28. The second-order valence-electron chi connectivity index (χ2n) is 8.56. The summed E-state index contributed by atoms with van der Waals surface area (Å²) in [5.41, 5.74) is 2.58. The number of carbonyl (C=O) groups excluding carboxylic acids is 1. The van der Waals surface area contributed by atoms with Crippen LogP contribution in [0.1, 0.15) is 41.6 Å². The highest BCUT2D eigenvalue weighted by Crippen LogP contribution is 2.29. The fourth-order valence-electron chi connectivity index (χ4n) is 4.70. The van der Waals surface area contributed by atoms with Crippen molar-refractivity contribution in [1.29, 1.82) is 0 Å². The van der Waals surface area contributed by atoms with Crippen LogP contribution < -0.4 is 5.43 Å². The van der Waals surface area contributed by atoms with E-state index in [0.29, 0.717) is 28.9 Å². The Morgan fingerprint density at radius 1 is 1.06 bits per heavy atom. The number of nitrogens with zero attached hydrogens (tertiary/aromatic N) is 1. The number of benzene rings is 3. The summed E-state index contributed by atoms with van der Waals surface area (Å²) in [4.78, 5) is 27.5. The molecule has 3 aromatic carbocycles. The predicted molar refractivity (Wildman–Crippen MR) is 124 cm³/mol. The van der Waals surface area contributed by atoms with E-state index in [2.05, 4.69) is 42.2 Å². The molecule has 31 heavy (non-hydrogen) atoms. The molecule has 4 aromatic rings. The molecule has 1 saturated heterocycles. The summed E-state index contributed by atoms with van der Waals surface area (Å²) < 4.78 is 5.49. The van der Waals surface area contributed by atoms with E-state index in [-0.39, 0.29) is 17.3 Å². The van der Waals surface area contributed by atoms with Gasteiger partial charge in [0.15, 0.2) is 11.2 Å². The van der Waals surface area contributed by atoms with E-state index in [1.165, 1.54) is 17.9 Å². The minimum atomic E-state index is -0.0588. The third kappa shape index (κ3) is 3.91. The molecule has 1 aromatic heterocycles. The van der Waals surface area contributed by atoms with Gasteiger partial charge in [-0.3, -0.25) is 14.5 Å². The van der Waals surface area contributed by atoms with Crippen LogP contribution in [0.4, 0.5) is 0 Å². The van der Waals surface area contributed by atoms with Gasteiger partial charge in [-0.1, -0.05) is 42.5 Å². The van der Waals surface area contributed by atoms with Gasteiger partial charge < -0.3 is 4.42 Å². The van der Waals surface area contributed by atoms with E-state index in [9.17, 15) is 9.59 Å². The summed E-state index contributed by atoms with van der Waals surface area (Å²) in [6, 6.07) is 21.6. The van der Waals surface area contributed by atoms with Crippen molar-refractivity contribution in [2.24, 2.45) is 0 Å². The third-order valence-corrected chi connectivity index (χ3v) is 6.54. The first-order valence-electron chi connectivity index (χ1n) is 10.9. The van der Waals surface area contributed by atoms with Crippen molar-refractivity contribution < 1.29 is 9.21 Å². The van der Waals surface area contributed by atoms with E-state index in [1.54, 1.807) is 0 Å². The van der Waals surface area contributed by atoms with Crippen molar-refractivity contribution in [2.45, 2.75) is 31.7 Å². The molecule has 2 atom stereocenters. The van der Waals surface area contributed by atoms with Gasteiger partial charge in [0.1, 0.15) is 5.58 Å². The maximum absolute atomic E-state index is 13.0. The standard InChI is InChI=1S/C27H25NO3/c1-18(28-11-9-22(17-28)19-5-3-2-4-6-19)13-26(30)21-8-7-20-15-24-25(29)10-12-31-27(24)16-23(20)14-21/h2-8,10,12,14-16,18,22H,9,11,13,17H2,1H3. The Kier molecular flexibility index (Phi) is 5.16. The SMILES string of the molecule is CC(CC(=O)c1ccc2cc3c(=O)ccoc3cc2c1)N1CCC(c2ccccc2)C1. The van der Waals surface area contributed by atoms with Crippen LogP contribution in [0.5, 0.6) is 0 Å². The summed E-state index contributed by atoms with van der Waals surface area (Å²) >= 11 is 0. The lowest BCUT2D eigenvalue weighted by molar-refractivity contribution is 0.0940. The summed E-state index contributed by atoms with van der Waals surface area (Å²) in [7, 11) is 0. The van der Waals surface area contributed by atoms with E-state index >= 15 is 0 Å². The Hall–Kier alpha value is -3.24. The molecule has 156 valence electrons. The second kappa shape index (κ2) is 8.12. The van der Waals surface area contributed by atoms with Gasteiger partial charge in [0.05, 0.1) is 11.6 Å². The Bertz CT molecular complexity index is 1310. The van der Waals surface area contributed by atoms with Gasteiger partial charge in [0.25, 0.3) is 0 Å². The first-order chi connectivity index (χ1) is 15.1. The summed E-state index contributed by atoms with van der Waals surface area (Å²) in [6.07, 6.45) is 3.04. The number of hydrogen-bond acceptors (Lipinski definition) is 4. The minimum Gasteiger partial charge on any atom is -0.464 e. The molecular weight excluding hydrogens is 386 g/mol. The van der Waals surface area contributed by atoms with Crippen LogP contribution >= 0.6 is 0 Å².